The van der Waals surface area contributed by atoms with Gasteiger partial charge in [0.15, 0.2) is 0 Å². The van der Waals surface area contributed by atoms with Crippen LogP contribution in [0.5, 0.6) is 0 Å². The standard InChI is InChI=1S/2CH4.BHN/c;;1-2/h2*1H4;2H. The van der Waals surface area contributed by atoms with Crippen LogP contribution in [0.25, 0.3) is 0 Å². The molecule has 2 heteroatoms. The molecule has 4 heavy (non-hydrogen) atoms. The Kier molecular flexibility index (Phi) is 5790. The third-order valence-electron chi connectivity index (χ3n) is 0. The molecule has 0 spiro atoms. The van der Waals surface area contributed by atoms with Gasteiger partial charge in [-0.05, 0) is 0 Å². The Morgan fingerprint density at radius 2 is 1.00 bits per heavy atom. The normalized spacial score (nSPS) is 0.750. The van der Waals surface area contributed by atoms with Crippen LogP contribution in [0, 0.1) is 5.31 Å². The molecule has 0 aromatic rings. The molecule has 1 N–H and O–H groups in total. The average Bonchev–Trinajstić information content (AvgIpc) is 1.00. The van der Waals surface area contributed by atoms with Gasteiger partial charge in [-0.15, -0.1) is 0 Å². The van der Waals surface area contributed by atoms with Crippen molar-refractivity contribution in [3.05, 3.63) is 0 Å². The first-order chi connectivity index (χ1) is 1.00. The van der Waals surface area contributed by atoms with E-state index in [1.165, 1.54) is 0 Å². The van der Waals surface area contributed by atoms with E-state index in [0.29, 0.717) is 0 Å². The van der Waals surface area contributed by atoms with E-state index in [-0.39, 0.29) is 14.9 Å². The van der Waals surface area contributed by atoms with Crippen LogP contribution in [-0.4, -0.2) is 7.64 Å². The first kappa shape index (κ1) is 42.4. The van der Waals surface area contributed by atoms with Crippen LogP contribution in [0.1, 0.15) is 14.9 Å². The summed E-state index contributed by atoms with van der Waals surface area (Å²) in [5, 5.41) is 5.25. The summed E-state index contributed by atoms with van der Waals surface area (Å²) < 4.78 is 0. The second kappa shape index (κ2) is 546. The molecule has 0 bridgehead atoms. The minimum atomic E-state index is 0. The Bertz CT molecular complexity index is 6.00. The molecule has 0 aliphatic carbocycles. The summed E-state index contributed by atoms with van der Waals surface area (Å²) in [6.07, 6.45) is 0. The van der Waals surface area contributed by atoms with Crippen LogP contribution < -0.4 is 0 Å². The Morgan fingerprint density at radius 1 is 1.00 bits per heavy atom. The molecule has 0 rings (SSSR count). The molecule has 0 unspecified atom stereocenters. The molecule has 0 fully saturated rings. The number of hydrogen-bond donors (Lipinski definition) is 1. The van der Waals surface area contributed by atoms with Crippen molar-refractivity contribution in [2.24, 2.45) is 0 Å². The third kappa shape index (κ3) is 76.5. The molecule has 0 heterocycles. The van der Waals surface area contributed by atoms with Crippen LogP contribution >= 0.6 is 0 Å². The van der Waals surface area contributed by atoms with Crippen LogP contribution in [0.2, 0.25) is 0 Å². The average molecular weight is 57.9 g/mol. The second-order valence-electron chi connectivity index (χ2n) is 0. The van der Waals surface area contributed by atoms with Gasteiger partial charge in [0.1, 0.15) is 0 Å². The van der Waals surface area contributed by atoms with Crippen LogP contribution in [-0.2, 0) is 0 Å². The Balaban J connectivity index is -0.00000000500. The topological polar surface area (TPSA) is 23.9 Å². The maximum atomic E-state index is 5.25. The molecule has 1 nitrogen and oxygen atoms in total. The Hall–Kier alpha value is -0.135. The van der Waals surface area contributed by atoms with E-state index in [9.17, 15) is 0 Å². The third-order valence-corrected chi connectivity index (χ3v) is 0. The van der Waals surface area contributed by atoms with Crippen molar-refractivity contribution in [2.75, 3.05) is 0 Å². The van der Waals surface area contributed by atoms with Gasteiger partial charge in [-0.2, -0.15) is 0 Å². The zero-order chi connectivity index (χ0) is 2.00. The van der Waals surface area contributed by atoms with Crippen LogP contribution in [0.4, 0.5) is 0 Å². The summed E-state index contributed by atoms with van der Waals surface area (Å²) in [5.74, 6) is 0. The van der Waals surface area contributed by atoms with Crippen molar-refractivity contribution >= 4 is 7.64 Å². The summed E-state index contributed by atoms with van der Waals surface area (Å²) in [4.78, 5) is 0. The molecule has 0 aromatic heterocycles. The molecular weight excluding hydrogens is 48.8 g/mol. The van der Waals surface area contributed by atoms with Gasteiger partial charge in [0.25, 0.3) is 0 Å². The van der Waals surface area contributed by atoms with E-state index in [4.69, 9.17) is 5.31 Å². The van der Waals surface area contributed by atoms with Crippen molar-refractivity contribution in [3.8, 4) is 0 Å². The summed E-state index contributed by atoms with van der Waals surface area (Å²) >= 11 is 0. The number of nitrogens with one attached hydrogen (secondary N) is 1. The van der Waals surface area contributed by atoms with Crippen molar-refractivity contribution in [3.63, 3.8) is 0 Å². The molecule has 0 saturated heterocycles. The number of hydrogen-bond acceptors (Lipinski definition) is 1. The van der Waals surface area contributed by atoms with Gasteiger partial charge in [0, 0.05) is 0 Å². The molecular formula is C2H9BN. The van der Waals surface area contributed by atoms with Crippen molar-refractivity contribution in [1.29, 1.82) is 5.31 Å². The fourth-order valence-corrected chi connectivity index (χ4v) is 0. The summed E-state index contributed by atoms with van der Waals surface area (Å²) in [5.41, 5.74) is 0. The zero-order valence-electron chi connectivity index (χ0n) is 1.08. The van der Waals surface area contributed by atoms with E-state index in [0.717, 1.165) is 0 Å². The molecule has 0 saturated carbocycles. The van der Waals surface area contributed by atoms with Gasteiger partial charge in [-0.1, -0.05) is 14.9 Å². The van der Waals surface area contributed by atoms with E-state index in [1.807, 2.05) is 0 Å². The Labute approximate surface area is 29.0 Å². The van der Waals surface area contributed by atoms with E-state index < -0.39 is 0 Å². The van der Waals surface area contributed by atoms with Gasteiger partial charge < -0.3 is 0 Å². The quantitative estimate of drug-likeness (QED) is 0.404. The van der Waals surface area contributed by atoms with Gasteiger partial charge in [0.05, 0.1) is 0 Å². The van der Waals surface area contributed by atoms with E-state index in [1.54, 1.807) is 0 Å². The van der Waals surface area contributed by atoms with Crippen LogP contribution in [0.15, 0.2) is 0 Å². The van der Waals surface area contributed by atoms with Gasteiger partial charge >= 0.3 is 13.0 Å². The fourth-order valence-electron chi connectivity index (χ4n) is 0. The van der Waals surface area contributed by atoms with Gasteiger partial charge in [0.2, 0.25) is 0 Å². The molecule has 0 aromatic carbocycles. The summed E-state index contributed by atoms with van der Waals surface area (Å²) in [6, 6.07) is 0. The van der Waals surface area contributed by atoms with Gasteiger partial charge in [-0.25, -0.2) is 0 Å². The molecule has 1 radical (unpaired) electrons. The molecule has 25 valence electrons. The van der Waals surface area contributed by atoms with Crippen molar-refractivity contribution < 1.29 is 0 Å². The molecule has 0 atom stereocenters. The van der Waals surface area contributed by atoms with Crippen LogP contribution in [0.3, 0.4) is 0 Å². The summed E-state index contributed by atoms with van der Waals surface area (Å²) in [6.45, 7) is 0. The predicted molar refractivity (Wildman–Crippen MR) is 21.9 cm³/mol. The SMILES string of the molecule is C.C.[B]=N. The molecule has 0 amide bonds. The zero-order valence-corrected chi connectivity index (χ0v) is 1.08. The van der Waals surface area contributed by atoms with E-state index in [2.05, 4.69) is 7.64 Å². The Morgan fingerprint density at radius 3 is 1.00 bits per heavy atom. The summed E-state index contributed by atoms with van der Waals surface area (Å²) in [7, 11) is 3.75. The molecule has 0 aliphatic heterocycles. The first-order valence-corrected chi connectivity index (χ1v) is 0.289. The molecule has 0 aliphatic rings. The van der Waals surface area contributed by atoms with Crippen molar-refractivity contribution in [1.82, 2.24) is 0 Å². The number of rotatable bonds is 0. The minimum absolute atomic E-state index is 0. The van der Waals surface area contributed by atoms with Gasteiger partial charge in [-0.3, -0.25) is 0 Å². The fraction of sp³-hybridized carbons (Fsp3) is 1.00. The maximum absolute atomic E-state index is 5.25. The monoisotopic (exact) mass is 58.1 g/mol. The second-order valence-corrected chi connectivity index (χ2v) is 0. The first-order valence-electron chi connectivity index (χ1n) is 0.289. The van der Waals surface area contributed by atoms with Crippen molar-refractivity contribution in [2.45, 2.75) is 14.9 Å². The predicted octanol–water partition coefficient (Wildman–Crippen LogP) is 1.19. The van der Waals surface area contributed by atoms with E-state index >= 15 is 0 Å².